The first kappa shape index (κ1) is 12.9. The van der Waals surface area contributed by atoms with Crippen LogP contribution in [0.5, 0.6) is 0 Å². The van der Waals surface area contributed by atoms with Crippen LogP contribution in [0.3, 0.4) is 0 Å². The Morgan fingerprint density at radius 1 is 1.33 bits per heavy atom. The molecule has 0 spiro atoms. The Bertz CT molecular complexity index is 167. The van der Waals surface area contributed by atoms with Gasteiger partial charge in [0.15, 0.2) is 0 Å². The Balaban J connectivity index is 2.49. The Labute approximate surface area is 93.3 Å². The van der Waals surface area contributed by atoms with Crippen LogP contribution in [0.2, 0.25) is 0 Å². The Morgan fingerprint density at radius 3 is 2.40 bits per heavy atom. The van der Waals surface area contributed by atoms with Crippen LogP contribution in [-0.2, 0) is 9.47 Å². The zero-order valence-electron chi connectivity index (χ0n) is 10.2. The van der Waals surface area contributed by atoms with Gasteiger partial charge in [-0.3, -0.25) is 0 Å². The highest BCUT2D eigenvalue weighted by molar-refractivity contribution is 4.84. The van der Waals surface area contributed by atoms with Crippen molar-refractivity contribution in [1.29, 1.82) is 0 Å². The predicted octanol–water partition coefficient (Wildman–Crippen LogP) is 1.80. The summed E-state index contributed by atoms with van der Waals surface area (Å²) < 4.78 is 11.1. The lowest BCUT2D eigenvalue weighted by molar-refractivity contribution is -0.0225. The molecule has 1 fully saturated rings. The monoisotopic (exact) mass is 215 g/mol. The van der Waals surface area contributed by atoms with Crippen LogP contribution in [0.1, 0.15) is 33.6 Å². The molecule has 0 radical (unpaired) electrons. The van der Waals surface area contributed by atoms with E-state index in [1.54, 1.807) is 0 Å². The molecule has 1 rings (SSSR count). The molecule has 1 heterocycles. The second-order valence-corrected chi connectivity index (χ2v) is 4.69. The van der Waals surface area contributed by atoms with Crippen molar-refractivity contribution >= 4 is 0 Å². The number of rotatable bonds is 5. The van der Waals surface area contributed by atoms with Gasteiger partial charge in [-0.2, -0.15) is 0 Å². The van der Waals surface area contributed by atoms with E-state index < -0.39 is 0 Å². The summed E-state index contributed by atoms with van der Waals surface area (Å²) in [5.74, 6) is 1.06. The lowest BCUT2D eigenvalue weighted by Crippen LogP contribution is -2.47. The molecule has 3 heteroatoms. The van der Waals surface area contributed by atoms with E-state index in [1.165, 1.54) is 0 Å². The summed E-state index contributed by atoms with van der Waals surface area (Å²) in [7, 11) is 0. The summed E-state index contributed by atoms with van der Waals surface area (Å²) in [5, 5.41) is 0. The third kappa shape index (κ3) is 3.74. The molecule has 1 aliphatic heterocycles. The van der Waals surface area contributed by atoms with Gasteiger partial charge in [-0.25, -0.2) is 0 Å². The zero-order valence-corrected chi connectivity index (χ0v) is 10.2. The quantitative estimate of drug-likeness (QED) is 0.760. The van der Waals surface area contributed by atoms with Gasteiger partial charge < -0.3 is 15.2 Å². The summed E-state index contributed by atoms with van der Waals surface area (Å²) in [6.07, 6.45) is 2.35. The molecule has 0 aromatic carbocycles. The number of hydrogen-bond donors (Lipinski definition) is 1. The molecular weight excluding hydrogens is 190 g/mol. The van der Waals surface area contributed by atoms with Crippen molar-refractivity contribution in [2.24, 2.45) is 17.6 Å². The molecule has 90 valence electrons. The maximum absolute atomic E-state index is 6.30. The summed E-state index contributed by atoms with van der Waals surface area (Å²) in [4.78, 5) is 0. The summed E-state index contributed by atoms with van der Waals surface area (Å²) in [6, 6.07) is 0.161. The second kappa shape index (κ2) is 6.46. The zero-order chi connectivity index (χ0) is 11.3. The van der Waals surface area contributed by atoms with Crippen molar-refractivity contribution in [3.63, 3.8) is 0 Å². The van der Waals surface area contributed by atoms with Crippen LogP contribution in [0.15, 0.2) is 0 Å². The van der Waals surface area contributed by atoms with E-state index in [0.717, 1.165) is 32.7 Å². The molecular formula is C12H25NO2. The molecule has 15 heavy (non-hydrogen) atoms. The highest BCUT2D eigenvalue weighted by Gasteiger charge is 2.30. The number of nitrogens with two attached hydrogens (primary N) is 1. The molecule has 0 bridgehead atoms. The minimum absolute atomic E-state index is 0.161. The molecule has 0 amide bonds. The first-order valence-corrected chi connectivity index (χ1v) is 6.11. The van der Waals surface area contributed by atoms with E-state index in [-0.39, 0.29) is 12.1 Å². The molecule has 0 aromatic heterocycles. The van der Waals surface area contributed by atoms with Crippen molar-refractivity contribution < 1.29 is 9.47 Å². The maximum atomic E-state index is 6.30. The van der Waals surface area contributed by atoms with E-state index in [4.69, 9.17) is 15.2 Å². The van der Waals surface area contributed by atoms with Crippen molar-refractivity contribution in [3.05, 3.63) is 0 Å². The van der Waals surface area contributed by atoms with Gasteiger partial charge >= 0.3 is 0 Å². The standard InChI is InChI=1S/C12H25NO2/c1-4-15-12(9(2)3)11(13)10-5-7-14-8-6-10/h9-12H,4-8,13H2,1-3H3. The average molecular weight is 215 g/mol. The fourth-order valence-corrected chi connectivity index (χ4v) is 2.31. The normalized spacial score (nSPS) is 23.0. The Morgan fingerprint density at radius 2 is 1.93 bits per heavy atom. The van der Waals surface area contributed by atoms with Crippen LogP contribution >= 0.6 is 0 Å². The lowest BCUT2D eigenvalue weighted by Gasteiger charge is -2.35. The molecule has 1 saturated heterocycles. The van der Waals surface area contributed by atoms with Gasteiger partial charge in [-0.15, -0.1) is 0 Å². The van der Waals surface area contributed by atoms with E-state index in [2.05, 4.69) is 13.8 Å². The fraction of sp³-hybridized carbons (Fsp3) is 1.00. The topological polar surface area (TPSA) is 44.5 Å². The summed E-state index contributed by atoms with van der Waals surface area (Å²) in [6.45, 7) is 8.86. The fourth-order valence-electron chi connectivity index (χ4n) is 2.31. The molecule has 0 aliphatic carbocycles. The van der Waals surface area contributed by atoms with Crippen LogP contribution in [0.4, 0.5) is 0 Å². The minimum Gasteiger partial charge on any atom is -0.381 e. The first-order valence-electron chi connectivity index (χ1n) is 6.11. The van der Waals surface area contributed by atoms with Gasteiger partial charge in [0, 0.05) is 25.9 Å². The van der Waals surface area contributed by atoms with Crippen molar-refractivity contribution in [3.8, 4) is 0 Å². The molecule has 1 aliphatic rings. The van der Waals surface area contributed by atoms with Gasteiger partial charge in [0.2, 0.25) is 0 Å². The van der Waals surface area contributed by atoms with Crippen molar-refractivity contribution in [2.75, 3.05) is 19.8 Å². The highest BCUT2D eigenvalue weighted by atomic mass is 16.5. The predicted molar refractivity (Wildman–Crippen MR) is 61.8 cm³/mol. The SMILES string of the molecule is CCOC(C(C)C)C(N)C1CCOCC1. The third-order valence-corrected chi connectivity index (χ3v) is 3.21. The Hall–Kier alpha value is -0.120. The lowest BCUT2D eigenvalue weighted by atomic mass is 9.85. The summed E-state index contributed by atoms with van der Waals surface area (Å²) >= 11 is 0. The Kier molecular flexibility index (Phi) is 5.58. The summed E-state index contributed by atoms with van der Waals surface area (Å²) in [5.41, 5.74) is 6.30. The molecule has 3 nitrogen and oxygen atoms in total. The highest BCUT2D eigenvalue weighted by Crippen LogP contribution is 2.23. The van der Waals surface area contributed by atoms with Gasteiger partial charge in [-0.05, 0) is 31.6 Å². The number of hydrogen-bond acceptors (Lipinski definition) is 3. The van der Waals surface area contributed by atoms with Crippen molar-refractivity contribution in [1.82, 2.24) is 0 Å². The van der Waals surface area contributed by atoms with Gasteiger partial charge in [0.05, 0.1) is 6.10 Å². The van der Waals surface area contributed by atoms with E-state index in [0.29, 0.717) is 11.8 Å². The van der Waals surface area contributed by atoms with E-state index >= 15 is 0 Å². The average Bonchev–Trinajstić information content (AvgIpc) is 2.26. The van der Waals surface area contributed by atoms with Gasteiger partial charge in [0.1, 0.15) is 0 Å². The van der Waals surface area contributed by atoms with E-state index in [1.807, 2.05) is 6.92 Å². The smallest absolute Gasteiger partial charge is 0.0751 e. The first-order chi connectivity index (χ1) is 7.16. The van der Waals surface area contributed by atoms with Crippen LogP contribution in [0.25, 0.3) is 0 Å². The van der Waals surface area contributed by atoms with E-state index in [9.17, 15) is 0 Å². The van der Waals surface area contributed by atoms with Crippen LogP contribution in [0, 0.1) is 11.8 Å². The van der Waals surface area contributed by atoms with Crippen LogP contribution < -0.4 is 5.73 Å². The second-order valence-electron chi connectivity index (χ2n) is 4.69. The molecule has 0 aromatic rings. The van der Waals surface area contributed by atoms with Crippen molar-refractivity contribution in [2.45, 2.75) is 45.8 Å². The molecule has 0 saturated carbocycles. The van der Waals surface area contributed by atoms with Crippen LogP contribution in [-0.4, -0.2) is 32.0 Å². The molecule has 2 unspecified atom stereocenters. The molecule has 2 N–H and O–H groups in total. The van der Waals surface area contributed by atoms with Gasteiger partial charge in [0.25, 0.3) is 0 Å². The largest absolute Gasteiger partial charge is 0.381 e. The third-order valence-electron chi connectivity index (χ3n) is 3.21. The minimum atomic E-state index is 0.161. The molecule has 2 atom stereocenters. The van der Waals surface area contributed by atoms with Gasteiger partial charge in [-0.1, -0.05) is 13.8 Å². The number of ether oxygens (including phenoxy) is 2. The maximum Gasteiger partial charge on any atom is 0.0751 e.